The molecule has 1 rings (SSSR count). The van der Waals surface area contributed by atoms with Crippen molar-refractivity contribution in [1.29, 1.82) is 0 Å². The Balaban J connectivity index is 2.03. The van der Waals surface area contributed by atoms with E-state index in [1.54, 1.807) is 0 Å². The van der Waals surface area contributed by atoms with Gasteiger partial charge in [0.1, 0.15) is 0 Å². The van der Waals surface area contributed by atoms with Crippen LogP contribution in [0.3, 0.4) is 0 Å². The van der Waals surface area contributed by atoms with Crippen LogP contribution in [0, 0.1) is 23.7 Å². The van der Waals surface area contributed by atoms with Crippen molar-refractivity contribution in [3.8, 4) is 0 Å². The van der Waals surface area contributed by atoms with E-state index < -0.39 is 0 Å². The zero-order valence-electron chi connectivity index (χ0n) is 10.6. The molecule has 0 heterocycles. The molecule has 1 fully saturated rings. The molecule has 0 amide bonds. The Hall–Kier alpha value is 0. The maximum Gasteiger partial charge on any atom is -0.0411 e. The standard InChI is InChI=1S/C14H28/c1-11(2)6-5-7-12(3)13(4)10-14-8-9-14/h11-14H,5-10H2,1-4H3. The van der Waals surface area contributed by atoms with E-state index in [1.165, 1.54) is 38.5 Å². The molecule has 0 aromatic rings. The summed E-state index contributed by atoms with van der Waals surface area (Å²) in [5, 5.41) is 0. The fourth-order valence-electron chi connectivity index (χ4n) is 2.24. The van der Waals surface area contributed by atoms with Crippen molar-refractivity contribution in [3.63, 3.8) is 0 Å². The second-order valence-corrected chi connectivity index (χ2v) is 5.96. The lowest BCUT2D eigenvalue weighted by Gasteiger charge is -2.20. The minimum Gasteiger partial charge on any atom is -0.0628 e. The van der Waals surface area contributed by atoms with Crippen molar-refractivity contribution in [2.24, 2.45) is 23.7 Å². The lowest BCUT2D eigenvalue weighted by molar-refractivity contribution is 0.315. The fourth-order valence-corrected chi connectivity index (χ4v) is 2.24. The summed E-state index contributed by atoms with van der Waals surface area (Å²) in [4.78, 5) is 0. The molecule has 14 heavy (non-hydrogen) atoms. The smallest absolute Gasteiger partial charge is 0.0411 e. The van der Waals surface area contributed by atoms with Gasteiger partial charge in [0.25, 0.3) is 0 Å². The van der Waals surface area contributed by atoms with Gasteiger partial charge in [-0.15, -0.1) is 0 Å². The molecule has 0 aromatic heterocycles. The predicted octanol–water partition coefficient (Wildman–Crippen LogP) is 4.89. The van der Waals surface area contributed by atoms with Crippen molar-refractivity contribution in [2.75, 3.05) is 0 Å². The second-order valence-electron chi connectivity index (χ2n) is 5.96. The summed E-state index contributed by atoms with van der Waals surface area (Å²) in [6, 6.07) is 0. The monoisotopic (exact) mass is 196 g/mol. The maximum atomic E-state index is 2.46. The van der Waals surface area contributed by atoms with Gasteiger partial charge in [0.05, 0.1) is 0 Å². The van der Waals surface area contributed by atoms with E-state index in [4.69, 9.17) is 0 Å². The highest BCUT2D eigenvalue weighted by Crippen LogP contribution is 2.38. The van der Waals surface area contributed by atoms with Gasteiger partial charge in [0.2, 0.25) is 0 Å². The molecule has 0 aliphatic heterocycles. The normalized spacial score (nSPS) is 21.2. The topological polar surface area (TPSA) is 0 Å². The van der Waals surface area contributed by atoms with Crippen LogP contribution in [0.2, 0.25) is 0 Å². The first-order valence-corrected chi connectivity index (χ1v) is 6.59. The molecule has 1 aliphatic carbocycles. The largest absolute Gasteiger partial charge is 0.0628 e. The average Bonchev–Trinajstić information content (AvgIpc) is 2.87. The number of hydrogen-bond acceptors (Lipinski definition) is 0. The molecule has 1 aliphatic rings. The zero-order valence-corrected chi connectivity index (χ0v) is 10.6. The van der Waals surface area contributed by atoms with E-state index >= 15 is 0 Å². The van der Waals surface area contributed by atoms with Crippen molar-refractivity contribution in [3.05, 3.63) is 0 Å². The first-order chi connectivity index (χ1) is 6.59. The highest BCUT2D eigenvalue weighted by atomic mass is 14.3. The molecule has 0 bridgehead atoms. The minimum absolute atomic E-state index is 0.890. The van der Waals surface area contributed by atoms with E-state index in [0.29, 0.717) is 0 Å². The van der Waals surface area contributed by atoms with Crippen LogP contribution < -0.4 is 0 Å². The molecular formula is C14H28. The Morgan fingerprint density at radius 2 is 1.57 bits per heavy atom. The Kier molecular flexibility index (Phi) is 4.98. The maximum absolute atomic E-state index is 2.46. The SMILES string of the molecule is CC(C)CCCC(C)C(C)CC1CC1. The third-order valence-corrected chi connectivity index (χ3v) is 3.81. The first kappa shape index (κ1) is 12.1. The van der Waals surface area contributed by atoms with E-state index in [9.17, 15) is 0 Å². The van der Waals surface area contributed by atoms with Crippen molar-refractivity contribution < 1.29 is 0 Å². The summed E-state index contributed by atoms with van der Waals surface area (Å²) >= 11 is 0. The lowest BCUT2D eigenvalue weighted by atomic mass is 9.86. The summed E-state index contributed by atoms with van der Waals surface area (Å²) in [6.07, 6.45) is 8.84. The van der Waals surface area contributed by atoms with Gasteiger partial charge in [-0.1, -0.05) is 59.8 Å². The second kappa shape index (κ2) is 5.78. The van der Waals surface area contributed by atoms with Crippen LogP contribution in [0.1, 0.15) is 66.2 Å². The fraction of sp³-hybridized carbons (Fsp3) is 1.00. The molecular weight excluding hydrogens is 168 g/mol. The number of hydrogen-bond donors (Lipinski definition) is 0. The van der Waals surface area contributed by atoms with Crippen LogP contribution in [-0.4, -0.2) is 0 Å². The van der Waals surface area contributed by atoms with Crippen molar-refractivity contribution in [1.82, 2.24) is 0 Å². The third kappa shape index (κ3) is 5.02. The van der Waals surface area contributed by atoms with E-state index in [1.807, 2.05) is 0 Å². The zero-order chi connectivity index (χ0) is 10.6. The third-order valence-electron chi connectivity index (χ3n) is 3.81. The van der Waals surface area contributed by atoms with Gasteiger partial charge < -0.3 is 0 Å². The van der Waals surface area contributed by atoms with Gasteiger partial charge in [-0.25, -0.2) is 0 Å². The van der Waals surface area contributed by atoms with Gasteiger partial charge in [-0.2, -0.15) is 0 Å². The van der Waals surface area contributed by atoms with Crippen LogP contribution in [0.5, 0.6) is 0 Å². The number of rotatable bonds is 7. The summed E-state index contributed by atoms with van der Waals surface area (Å²) in [5.74, 6) is 3.92. The Morgan fingerprint density at radius 3 is 2.07 bits per heavy atom. The molecule has 2 atom stereocenters. The highest BCUT2D eigenvalue weighted by molar-refractivity contribution is 4.77. The molecule has 84 valence electrons. The van der Waals surface area contributed by atoms with Crippen LogP contribution in [0.15, 0.2) is 0 Å². The average molecular weight is 196 g/mol. The highest BCUT2D eigenvalue weighted by Gasteiger charge is 2.25. The van der Waals surface area contributed by atoms with Gasteiger partial charge in [-0.3, -0.25) is 0 Å². The molecule has 0 saturated heterocycles. The van der Waals surface area contributed by atoms with Crippen LogP contribution >= 0.6 is 0 Å². The van der Waals surface area contributed by atoms with Crippen molar-refractivity contribution >= 4 is 0 Å². The molecule has 1 saturated carbocycles. The van der Waals surface area contributed by atoms with Gasteiger partial charge in [0, 0.05) is 0 Å². The van der Waals surface area contributed by atoms with E-state index in [2.05, 4.69) is 27.7 Å². The summed E-state index contributed by atoms with van der Waals surface area (Å²) in [7, 11) is 0. The van der Waals surface area contributed by atoms with E-state index in [-0.39, 0.29) is 0 Å². The van der Waals surface area contributed by atoms with Gasteiger partial charge in [-0.05, 0) is 30.1 Å². The summed E-state index contributed by atoms with van der Waals surface area (Å²) in [6.45, 7) is 9.57. The Morgan fingerprint density at radius 1 is 0.929 bits per heavy atom. The summed E-state index contributed by atoms with van der Waals surface area (Å²) < 4.78 is 0. The molecule has 0 spiro atoms. The lowest BCUT2D eigenvalue weighted by Crippen LogP contribution is -2.09. The molecule has 0 N–H and O–H groups in total. The van der Waals surface area contributed by atoms with Gasteiger partial charge in [0.15, 0.2) is 0 Å². The molecule has 0 nitrogen and oxygen atoms in total. The summed E-state index contributed by atoms with van der Waals surface area (Å²) in [5.41, 5.74) is 0. The molecule has 2 unspecified atom stereocenters. The first-order valence-electron chi connectivity index (χ1n) is 6.59. The van der Waals surface area contributed by atoms with Crippen LogP contribution in [0.4, 0.5) is 0 Å². The quantitative estimate of drug-likeness (QED) is 0.544. The van der Waals surface area contributed by atoms with Gasteiger partial charge >= 0.3 is 0 Å². The van der Waals surface area contributed by atoms with Crippen LogP contribution in [-0.2, 0) is 0 Å². The minimum atomic E-state index is 0.890. The van der Waals surface area contributed by atoms with Crippen LogP contribution in [0.25, 0.3) is 0 Å². The Bertz CT molecular complexity index is 144. The molecule has 0 radical (unpaired) electrons. The molecule has 0 heteroatoms. The van der Waals surface area contributed by atoms with E-state index in [0.717, 1.165) is 23.7 Å². The predicted molar refractivity (Wildman–Crippen MR) is 64.4 cm³/mol. The molecule has 0 aromatic carbocycles. The Labute approximate surface area is 90.5 Å². The van der Waals surface area contributed by atoms with Crippen molar-refractivity contribution in [2.45, 2.75) is 66.2 Å².